The summed E-state index contributed by atoms with van der Waals surface area (Å²) < 4.78 is 45.2. The normalized spacial score (nSPS) is 11.2. The smallest absolute Gasteiger partial charge is 0.251 e. The van der Waals surface area contributed by atoms with E-state index < -0.39 is 21.7 Å². The number of carbonyl (C=O) groups excluding carboxylic acids is 1. The van der Waals surface area contributed by atoms with Gasteiger partial charge < -0.3 is 10.1 Å². The van der Waals surface area contributed by atoms with Crippen molar-refractivity contribution >= 4 is 31.9 Å². The Labute approximate surface area is 153 Å². The third kappa shape index (κ3) is 4.77. The lowest BCUT2D eigenvalue weighted by atomic mass is 10.2. The van der Waals surface area contributed by atoms with Gasteiger partial charge in [-0.1, -0.05) is 15.9 Å². The van der Waals surface area contributed by atoms with E-state index in [4.69, 9.17) is 4.74 Å². The van der Waals surface area contributed by atoms with Crippen LogP contribution in [0, 0.1) is 5.82 Å². The van der Waals surface area contributed by atoms with Crippen molar-refractivity contribution in [1.29, 1.82) is 0 Å². The van der Waals surface area contributed by atoms with E-state index in [1.165, 1.54) is 44.5 Å². The van der Waals surface area contributed by atoms with Crippen LogP contribution in [0.1, 0.15) is 15.9 Å². The molecule has 2 N–H and O–H groups in total. The van der Waals surface area contributed by atoms with Gasteiger partial charge in [0.1, 0.15) is 16.5 Å². The molecule has 0 spiro atoms. The maximum Gasteiger partial charge on any atom is 0.251 e. The highest BCUT2D eigenvalue weighted by atomic mass is 79.9. The van der Waals surface area contributed by atoms with Gasteiger partial charge in [0.25, 0.3) is 5.91 Å². The van der Waals surface area contributed by atoms with Crippen LogP contribution in [0.5, 0.6) is 5.75 Å². The number of amides is 1. The van der Waals surface area contributed by atoms with Crippen LogP contribution in [0.3, 0.4) is 0 Å². The Morgan fingerprint density at radius 1 is 1.24 bits per heavy atom. The summed E-state index contributed by atoms with van der Waals surface area (Å²) in [6.07, 6.45) is 0. The third-order valence-corrected chi connectivity index (χ3v) is 5.25. The van der Waals surface area contributed by atoms with Gasteiger partial charge in [0, 0.05) is 16.6 Å². The Bertz CT molecular complexity index is 883. The first-order chi connectivity index (χ1) is 11.8. The summed E-state index contributed by atoms with van der Waals surface area (Å²) in [5, 5.41) is 2.62. The maximum absolute atomic E-state index is 13.4. The fraction of sp³-hybridized carbons (Fsp3) is 0.188. The number of rotatable bonds is 6. The van der Waals surface area contributed by atoms with E-state index in [0.717, 1.165) is 0 Å². The van der Waals surface area contributed by atoms with E-state index in [-0.39, 0.29) is 22.8 Å². The molecule has 0 saturated carbocycles. The van der Waals surface area contributed by atoms with Crippen molar-refractivity contribution < 1.29 is 22.3 Å². The van der Waals surface area contributed by atoms with Gasteiger partial charge in [0.15, 0.2) is 0 Å². The van der Waals surface area contributed by atoms with Crippen LogP contribution in [0.2, 0.25) is 0 Å². The van der Waals surface area contributed by atoms with Crippen LogP contribution >= 0.6 is 15.9 Å². The van der Waals surface area contributed by atoms with E-state index >= 15 is 0 Å². The van der Waals surface area contributed by atoms with Crippen molar-refractivity contribution in [1.82, 2.24) is 10.0 Å². The van der Waals surface area contributed by atoms with E-state index in [1.807, 2.05) is 0 Å². The summed E-state index contributed by atoms with van der Waals surface area (Å²) in [5.41, 5.74) is 0.710. The summed E-state index contributed by atoms with van der Waals surface area (Å²) in [7, 11) is -1.18. The van der Waals surface area contributed by atoms with Gasteiger partial charge >= 0.3 is 0 Å². The highest BCUT2D eigenvalue weighted by molar-refractivity contribution is 9.10. The van der Waals surface area contributed by atoms with Crippen molar-refractivity contribution in [3.8, 4) is 5.75 Å². The predicted molar refractivity (Wildman–Crippen MR) is 94.5 cm³/mol. The van der Waals surface area contributed by atoms with Crippen molar-refractivity contribution in [2.75, 3.05) is 14.2 Å². The zero-order chi connectivity index (χ0) is 18.6. The van der Waals surface area contributed by atoms with Gasteiger partial charge in [-0.3, -0.25) is 4.79 Å². The molecule has 0 fully saturated rings. The lowest BCUT2D eigenvalue weighted by Gasteiger charge is -2.11. The van der Waals surface area contributed by atoms with Crippen LogP contribution in [-0.4, -0.2) is 28.5 Å². The molecular weight excluding hydrogens is 415 g/mol. The van der Waals surface area contributed by atoms with Gasteiger partial charge in [-0.25, -0.2) is 17.5 Å². The molecule has 2 rings (SSSR count). The molecule has 0 aliphatic heterocycles. The average Bonchev–Trinajstić information content (AvgIpc) is 2.58. The second-order valence-electron chi connectivity index (χ2n) is 5.03. The molecule has 2 aromatic rings. The molecule has 0 bridgehead atoms. The molecule has 25 heavy (non-hydrogen) atoms. The SMILES string of the molecule is CNS(=O)(=O)c1cc(C(=O)NCc2cc(F)cc(Br)c2)ccc1OC. The zero-order valence-electron chi connectivity index (χ0n) is 13.5. The van der Waals surface area contributed by atoms with E-state index in [9.17, 15) is 17.6 Å². The second-order valence-corrected chi connectivity index (χ2v) is 7.80. The summed E-state index contributed by atoms with van der Waals surface area (Å²) in [6.45, 7) is 0.0926. The van der Waals surface area contributed by atoms with Crippen molar-refractivity contribution in [3.63, 3.8) is 0 Å². The molecule has 0 saturated heterocycles. The molecular formula is C16H16BrFN2O4S. The Morgan fingerprint density at radius 2 is 1.96 bits per heavy atom. The highest BCUT2D eigenvalue weighted by Crippen LogP contribution is 2.24. The Balaban J connectivity index is 2.23. The first-order valence-electron chi connectivity index (χ1n) is 7.11. The zero-order valence-corrected chi connectivity index (χ0v) is 15.9. The minimum absolute atomic E-state index is 0.0926. The lowest BCUT2D eigenvalue weighted by Crippen LogP contribution is -2.24. The topological polar surface area (TPSA) is 84.5 Å². The number of carbonyl (C=O) groups is 1. The number of halogens is 2. The van der Waals surface area contributed by atoms with Crippen LogP contribution in [-0.2, 0) is 16.6 Å². The summed E-state index contributed by atoms with van der Waals surface area (Å²) in [4.78, 5) is 12.1. The Morgan fingerprint density at radius 3 is 2.56 bits per heavy atom. The van der Waals surface area contributed by atoms with Crippen molar-refractivity contribution in [2.24, 2.45) is 0 Å². The van der Waals surface area contributed by atoms with Gasteiger partial charge in [0.05, 0.1) is 7.11 Å². The lowest BCUT2D eigenvalue weighted by molar-refractivity contribution is 0.0950. The largest absolute Gasteiger partial charge is 0.495 e. The number of nitrogens with one attached hydrogen (secondary N) is 2. The Kier molecular flexibility index (Phi) is 6.15. The van der Waals surface area contributed by atoms with Crippen LogP contribution in [0.4, 0.5) is 4.39 Å². The van der Waals surface area contributed by atoms with E-state index in [2.05, 4.69) is 26.0 Å². The molecule has 9 heteroatoms. The summed E-state index contributed by atoms with van der Waals surface area (Å²) >= 11 is 3.18. The fourth-order valence-corrected chi connectivity index (χ4v) is 3.57. The number of benzene rings is 2. The van der Waals surface area contributed by atoms with Gasteiger partial charge in [-0.05, 0) is 49.0 Å². The minimum Gasteiger partial charge on any atom is -0.495 e. The molecule has 0 heterocycles. The predicted octanol–water partition coefficient (Wildman–Crippen LogP) is 2.43. The molecule has 0 radical (unpaired) electrons. The molecule has 6 nitrogen and oxygen atoms in total. The van der Waals surface area contributed by atoms with Crippen LogP contribution < -0.4 is 14.8 Å². The summed E-state index contributed by atoms with van der Waals surface area (Å²) in [6, 6.07) is 8.36. The van der Waals surface area contributed by atoms with Gasteiger partial charge in [-0.2, -0.15) is 0 Å². The first kappa shape index (κ1) is 19.4. The number of ether oxygens (including phenoxy) is 1. The van der Waals surface area contributed by atoms with E-state index in [0.29, 0.717) is 10.0 Å². The first-order valence-corrected chi connectivity index (χ1v) is 9.39. The fourth-order valence-electron chi connectivity index (χ4n) is 2.14. The number of methoxy groups -OCH3 is 1. The van der Waals surface area contributed by atoms with Crippen molar-refractivity contribution in [3.05, 3.63) is 57.8 Å². The molecule has 0 aliphatic carbocycles. The molecule has 0 unspecified atom stereocenters. The Hall–Kier alpha value is -1.97. The second kappa shape index (κ2) is 7.94. The molecule has 2 aromatic carbocycles. The molecule has 0 aromatic heterocycles. The number of sulfonamides is 1. The number of hydrogen-bond acceptors (Lipinski definition) is 4. The number of hydrogen-bond donors (Lipinski definition) is 2. The molecule has 0 aliphatic rings. The molecule has 0 atom stereocenters. The quantitative estimate of drug-likeness (QED) is 0.736. The monoisotopic (exact) mass is 430 g/mol. The van der Waals surface area contributed by atoms with Crippen molar-refractivity contribution in [2.45, 2.75) is 11.4 Å². The van der Waals surface area contributed by atoms with Gasteiger partial charge in [0.2, 0.25) is 10.0 Å². The van der Waals surface area contributed by atoms with Crippen LogP contribution in [0.15, 0.2) is 45.8 Å². The maximum atomic E-state index is 13.4. The summed E-state index contributed by atoms with van der Waals surface area (Å²) in [5.74, 6) is -0.791. The molecule has 1 amide bonds. The van der Waals surface area contributed by atoms with Gasteiger partial charge in [-0.15, -0.1) is 0 Å². The minimum atomic E-state index is -3.79. The van der Waals surface area contributed by atoms with Crippen LogP contribution in [0.25, 0.3) is 0 Å². The average molecular weight is 431 g/mol. The third-order valence-electron chi connectivity index (χ3n) is 3.36. The molecule has 134 valence electrons. The van der Waals surface area contributed by atoms with E-state index in [1.54, 1.807) is 6.07 Å². The standard InChI is InChI=1S/C16H16BrFN2O4S/c1-19-25(22,23)15-7-11(3-4-14(15)24-2)16(21)20-9-10-5-12(17)8-13(18)6-10/h3-8,19H,9H2,1-2H3,(H,20,21). The highest BCUT2D eigenvalue weighted by Gasteiger charge is 2.20.